The number of carbonyl (C=O) groups excluding carboxylic acids is 1. The molecule has 104 valence electrons. The molecule has 3 N–H and O–H groups in total. The van der Waals surface area contributed by atoms with Crippen molar-refractivity contribution >= 4 is 27.7 Å². The van der Waals surface area contributed by atoms with Crippen LogP contribution < -0.4 is 5.73 Å². The first kappa shape index (κ1) is 15.4. The quantitative estimate of drug-likeness (QED) is 0.375. The molecule has 0 saturated carbocycles. The van der Waals surface area contributed by atoms with E-state index in [0.717, 1.165) is 6.42 Å². The van der Waals surface area contributed by atoms with E-state index in [1.807, 2.05) is 6.92 Å². The Labute approximate surface area is 119 Å². The molecule has 0 aliphatic carbocycles. The van der Waals surface area contributed by atoms with Crippen molar-refractivity contribution in [2.75, 3.05) is 13.1 Å². The summed E-state index contributed by atoms with van der Waals surface area (Å²) in [5.74, 6) is -0.785. The molecule has 1 aromatic carbocycles. The minimum absolute atomic E-state index is 0.0260. The van der Waals surface area contributed by atoms with Gasteiger partial charge in [0.25, 0.3) is 5.91 Å². The van der Waals surface area contributed by atoms with Gasteiger partial charge in [-0.05, 0) is 40.5 Å². The van der Waals surface area contributed by atoms with Crippen molar-refractivity contribution in [2.24, 2.45) is 10.9 Å². The molecule has 19 heavy (non-hydrogen) atoms. The van der Waals surface area contributed by atoms with Gasteiger partial charge in [0.2, 0.25) is 0 Å². The van der Waals surface area contributed by atoms with E-state index in [2.05, 4.69) is 21.1 Å². The first-order valence-electron chi connectivity index (χ1n) is 5.70. The average molecular weight is 332 g/mol. The number of carbonyl (C=O) groups is 1. The molecule has 0 saturated heterocycles. The van der Waals surface area contributed by atoms with Crippen molar-refractivity contribution in [1.82, 2.24) is 4.90 Å². The molecule has 0 radical (unpaired) electrons. The molecular formula is C12H15BrFN3O2. The number of oxime groups is 1. The van der Waals surface area contributed by atoms with Crippen LogP contribution in [0.1, 0.15) is 23.7 Å². The average Bonchev–Trinajstić information content (AvgIpc) is 2.40. The largest absolute Gasteiger partial charge is 0.409 e. The predicted molar refractivity (Wildman–Crippen MR) is 73.7 cm³/mol. The van der Waals surface area contributed by atoms with Crippen LogP contribution in [0.3, 0.4) is 0 Å². The van der Waals surface area contributed by atoms with E-state index in [-0.39, 0.29) is 22.8 Å². The van der Waals surface area contributed by atoms with Crippen LogP contribution in [0.2, 0.25) is 0 Å². The number of halogens is 2. The summed E-state index contributed by atoms with van der Waals surface area (Å²) in [6, 6.07) is 4.02. The van der Waals surface area contributed by atoms with E-state index >= 15 is 0 Å². The van der Waals surface area contributed by atoms with Crippen molar-refractivity contribution in [3.05, 3.63) is 34.1 Å². The van der Waals surface area contributed by atoms with Crippen LogP contribution in [0.4, 0.5) is 4.39 Å². The Morgan fingerprint density at radius 3 is 2.79 bits per heavy atom. The minimum atomic E-state index is -0.435. The lowest BCUT2D eigenvalue weighted by Gasteiger charge is -2.21. The number of nitrogens with zero attached hydrogens (tertiary/aromatic N) is 2. The van der Waals surface area contributed by atoms with E-state index in [1.165, 1.54) is 23.1 Å². The van der Waals surface area contributed by atoms with Crippen LogP contribution >= 0.6 is 15.9 Å². The van der Waals surface area contributed by atoms with Crippen LogP contribution in [0.25, 0.3) is 0 Å². The van der Waals surface area contributed by atoms with Gasteiger partial charge in [-0.2, -0.15) is 0 Å². The van der Waals surface area contributed by atoms with Crippen molar-refractivity contribution in [2.45, 2.75) is 13.3 Å². The molecule has 0 aromatic heterocycles. The van der Waals surface area contributed by atoms with E-state index in [4.69, 9.17) is 10.9 Å². The summed E-state index contributed by atoms with van der Waals surface area (Å²) >= 11 is 3.03. The van der Waals surface area contributed by atoms with Gasteiger partial charge in [0.1, 0.15) is 5.82 Å². The highest BCUT2D eigenvalue weighted by Gasteiger charge is 2.17. The van der Waals surface area contributed by atoms with E-state index < -0.39 is 5.82 Å². The Balaban J connectivity index is 2.95. The van der Waals surface area contributed by atoms with Crippen molar-refractivity contribution in [1.29, 1.82) is 0 Å². The lowest BCUT2D eigenvalue weighted by molar-refractivity contribution is 0.0778. The number of hydrogen-bond acceptors (Lipinski definition) is 3. The van der Waals surface area contributed by atoms with Gasteiger partial charge in [0.15, 0.2) is 5.84 Å². The maximum atomic E-state index is 13.1. The topological polar surface area (TPSA) is 78.9 Å². The minimum Gasteiger partial charge on any atom is -0.409 e. The fourth-order valence-electron chi connectivity index (χ4n) is 1.56. The normalized spacial score (nSPS) is 11.4. The van der Waals surface area contributed by atoms with Crippen molar-refractivity contribution in [3.63, 3.8) is 0 Å². The van der Waals surface area contributed by atoms with Gasteiger partial charge < -0.3 is 15.8 Å². The third-order valence-corrected chi connectivity index (χ3v) is 3.04. The highest BCUT2D eigenvalue weighted by molar-refractivity contribution is 9.10. The summed E-state index contributed by atoms with van der Waals surface area (Å²) in [4.78, 5) is 13.7. The summed E-state index contributed by atoms with van der Waals surface area (Å²) in [5, 5.41) is 11.4. The van der Waals surface area contributed by atoms with Gasteiger partial charge in [0.05, 0.1) is 11.0 Å². The Kier molecular flexibility index (Phi) is 5.75. The van der Waals surface area contributed by atoms with Crippen LogP contribution in [-0.2, 0) is 0 Å². The molecule has 1 rings (SSSR count). The van der Waals surface area contributed by atoms with Crippen molar-refractivity contribution in [3.8, 4) is 0 Å². The smallest absolute Gasteiger partial charge is 0.254 e. The second-order valence-electron chi connectivity index (χ2n) is 3.95. The number of hydrogen-bond donors (Lipinski definition) is 2. The van der Waals surface area contributed by atoms with Crippen LogP contribution in [0, 0.1) is 5.82 Å². The zero-order chi connectivity index (χ0) is 14.4. The summed E-state index contributed by atoms with van der Waals surface area (Å²) in [7, 11) is 0. The summed E-state index contributed by atoms with van der Waals surface area (Å²) < 4.78 is 13.4. The molecule has 1 amide bonds. The number of nitrogens with two attached hydrogens (primary N) is 1. The summed E-state index contributed by atoms with van der Waals surface area (Å²) in [5.41, 5.74) is 5.75. The molecule has 0 spiro atoms. The molecule has 0 aliphatic rings. The first-order valence-corrected chi connectivity index (χ1v) is 6.49. The highest BCUT2D eigenvalue weighted by Crippen LogP contribution is 2.18. The Morgan fingerprint density at radius 1 is 1.58 bits per heavy atom. The van der Waals surface area contributed by atoms with Gasteiger partial charge in [-0.1, -0.05) is 12.1 Å². The second-order valence-corrected chi connectivity index (χ2v) is 4.80. The third-order valence-electron chi connectivity index (χ3n) is 2.43. The predicted octanol–water partition coefficient (Wildman–Crippen LogP) is 2.19. The van der Waals surface area contributed by atoms with Gasteiger partial charge >= 0.3 is 0 Å². The van der Waals surface area contributed by atoms with Crippen LogP contribution in [-0.4, -0.2) is 34.9 Å². The Morgan fingerprint density at radius 2 is 2.26 bits per heavy atom. The molecule has 7 heteroatoms. The monoisotopic (exact) mass is 331 g/mol. The molecule has 1 aromatic rings. The van der Waals surface area contributed by atoms with Gasteiger partial charge in [-0.25, -0.2) is 4.39 Å². The number of amides is 1. The molecule has 0 bridgehead atoms. The summed E-state index contributed by atoms with van der Waals surface area (Å²) in [6.07, 6.45) is 0.729. The van der Waals surface area contributed by atoms with Crippen LogP contribution in [0.5, 0.6) is 0 Å². The third kappa shape index (κ3) is 4.20. The van der Waals surface area contributed by atoms with Crippen LogP contribution in [0.15, 0.2) is 27.8 Å². The molecule has 5 nitrogen and oxygen atoms in total. The van der Waals surface area contributed by atoms with Gasteiger partial charge in [0, 0.05) is 12.1 Å². The van der Waals surface area contributed by atoms with E-state index in [0.29, 0.717) is 12.1 Å². The van der Waals surface area contributed by atoms with E-state index in [1.54, 1.807) is 0 Å². The summed E-state index contributed by atoms with van der Waals surface area (Å²) in [6.45, 7) is 2.40. The molecule has 0 atom stereocenters. The molecule has 0 aliphatic heterocycles. The van der Waals surface area contributed by atoms with Gasteiger partial charge in [-0.15, -0.1) is 0 Å². The van der Waals surface area contributed by atoms with Crippen molar-refractivity contribution < 1.29 is 14.4 Å². The zero-order valence-electron chi connectivity index (χ0n) is 10.4. The Hall–Kier alpha value is -1.63. The molecule has 0 fully saturated rings. The van der Waals surface area contributed by atoms with Gasteiger partial charge in [-0.3, -0.25) is 4.79 Å². The number of benzene rings is 1. The standard InChI is InChI=1S/C12H15BrFN3O2/c1-2-5-17(7-11(15)16-19)12(18)8-3-4-10(14)9(13)6-8/h3-4,6,19H,2,5,7H2,1H3,(H2,15,16). The maximum Gasteiger partial charge on any atom is 0.254 e. The second kappa shape index (κ2) is 7.08. The Bertz CT molecular complexity index is 494. The zero-order valence-corrected chi connectivity index (χ0v) is 12.0. The number of rotatable bonds is 5. The molecule has 0 heterocycles. The highest BCUT2D eigenvalue weighted by atomic mass is 79.9. The fraction of sp³-hybridized carbons (Fsp3) is 0.333. The first-order chi connectivity index (χ1) is 8.99. The maximum absolute atomic E-state index is 13.1. The SMILES string of the molecule is CCCN(C/C(N)=N/O)C(=O)c1ccc(F)c(Br)c1. The lowest BCUT2D eigenvalue weighted by atomic mass is 10.2. The lowest BCUT2D eigenvalue weighted by Crippen LogP contribution is -2.39. The fourth-order valence-corrected chi connectivity index (χ4v) is 1.94. The molecular weight excluding hydrogens is 317 g/mol. The van der Waals surface area contributed by atoms with E-state index in [9.17, 15) is 9.18 Å². The molecule has 0 unspecified atom stereocenters. The number of amidine groups is 1.